The third-order valence-corrected chi connectivity index (χ3v) is 4.90. The van der Waals surface area contributed by atoms with Crippen molar-refractivity contribution in [1.29, 1.82) is 0 Å². The molecule has 18 heavy (non-hydrogen) atoms. The molecular formula is C12H14BrNO3S. The van der Waals surface area contributed by atoms with Crippen molar-refractivity contribution in [3.8, 4) is 5.75 Å². The van der Waals surface area contributed by atoms with Gasteiger partial charge in [0.1, 0.15) is 5.75 Å². The molecular weight excluding hydrogens is 318 g/mol. The zero-order valence-electron chi connectivity index (χ0n) is 9.89. The minimum Gasteiger partial charge on any atom is -0.496 e. The van der Waals surface area contributed by atoms with E-state index in [2.05, 4.69) is 20.7 Å². The van der Waals surface area contributed by atoms with Gasteiger partial charge in [-0.3, -0.25) is 0 Å². The van der Waals surface area contributed by atoms with Crippen LogP contribution in [0, 0.1) is 0 Å². The summed E-state index contributed by atoms with van der Waals surface area (Å²) in [6, 6.07) is 4.68. The van der Waals surface area contributed by atoms with Crippen molar-refractivity contribution >= 4 is 26.0 Å². The van der Waals surface area contributed by atoms with Gasteiger partial charge in [-0.05, 0) is 47.0 Å². The highest BCUT2D eigenvalue weighted by Gasteiger charge is 2.21. The number of sulfonamides is 1. The maximum atomic E-state index is 12.1. The monoisotopic (exact) mass is 331 g/mol. The first-order valence-corrected chi connectivity index (χ1v) is 7.81. The number of methoxy groups -OCH3 is 1. The van der Waals surface area contributed by atoms with Gasteiger partial charge in [0.05, 0.1) is 16.5 Å². The molecule has 1 N–H and O–H groups in total. The second-order valence-electron chi connectivity index (χ2n) is 4.06. The van der Waals surface area contributed by atoms with Crippen molar-refractivity contribution in [3.63, 3.8) is 0 Å². The normalized spacial score (nSPS) is 16.1. The van der Waals surface area contributed by atoms with Gasteiger partial charge in [-0.25, -0.2) is 13.1 Å². The molecule has 0 bridgehead atoms. The summed E-state index contributed by atoms with van der Waals surface area (Å²) in [6.07, 6.45) is 5.46. The van der Waals surface area contributed by atoms with Crippen LogP contribution in [0.15, 0.2) is 39.7 Å². The van der Waals surface area contributed by atoms with Gasteiger partial charge in [0, 0.05) is 6.04 Å². The van der Waals surface area contributed by atoms with Gasteiger partial charge in [0.2, 0.25) is 10.0 Å². The van der Waals surface area contributed by atoms with Gasteiger partial charge in [-0.1, -0.05) is 12.2 Å². The van der Waals surface area contributed by atoms with Gasteiger partial charge >= 0.3 is 0 Å². The van der Waals surface area contributed by atoms with Crippen molar-refractivity contribution in [2.24, 2.45) is 0 Å². The lowest BCUT2D eigenvalue weighted by Gasteiger charge is -2.13. The van der Waals surface area contributed by atoms with Crippen molar-refractivity contribution in [1.82, 2.24) is 4.72 Å². The van der Waals surface area contributed by atoms with E-state index in [1.54, 1.807) is 12.1 Å². The minimum absolute atomic E-state index is 0.0316. The Hall–Kier alpha value is -0.850. The molecule has 1 aliphatic carbocycles. The van der Waals surface area contributed by atoms with Crippen LogP contribution in [0.3, 0.4) is 0 Å². The molecule has 0 radical (unpaired) electrons. The first-order chi connectivity index (χ1) is 8.53. The van der Waals surface area contributed by atoms with Crippen LogP contribution >= 0.6 is 15.9 Å². The molecule has 0 atom stereocenters. The first-order valence-electron chi connectivity index (χ1n) is 5.54. The topological polar surface area (TPSA) is 55.4 Å². The summed E-state index contributed by atoms with van der Waals surface area (Å²) in [5.41, 5.74) is 0. The zero-order valence-corrected chi connectivity index (χ0v) is 12.3. The standard InChI is InChI=1S/C12H14BrNO3S/c1-17-12-7-6-10(8-11(12)13)18(15,16)14-9-4-2-3-5-9/h2-3,6-9,14H,4-5H2,1H3. The molecule has 98 valence electrons. The largest absolute Gasteiger partial charge is 0.496 e. The number of ether oxygens (including phenoxy) is 1. The molecule has 1 aromatic carbocycles. The maximum absolute atomic E-state index is 12.1. The summed E-state index contributed by atoms with van der Waals surface area (Å²) in [5, 5.41) is 0. The molecule has 0 spiro atoms. The molecule has 0 fully saturated rings. The molecule has 4 nitrogen and oxygen atoms in total. The third kappa shape index (κ3) is 2.93. The summed E-state index contributed by atoms with van der Waals surface area (Å²) in [4.78, 5) is 0.238. The molecule has 1 aliphatic rings. The molecule has 0 saturated heterocycles. The molecule has 1 aromatic rings. The van der Waals surface area contributed by atoms with Gasteiger partial charge in [0.15, 0.2) is 0 Å². The Labute approximate surface area is 115 Å². The Kier molecular flexibility index (Phi) is 4.09. The number of halogens is 1. The van der Waals surface area contributed by atoms with Crippen molar-refractivity contribution < 1.29 is 13.2 Å². The van der Waals surface area contributed by atoms with Crippen molar-refractivity contribution in [3.05, 3.63) is 34.8 Å². The fraction of sp³-hybridized carbons (Fsp3) is 0.333. The van der Waals surface area contributed by atoms with E-state index in [1.807, 2.05) is 12.2 Å². The van der Waals surface area contributed by atoms with Crippen LogP contribution in [0.5, 0.6) is 5.75 Å². The zero-order chi connectivity index (χ0) is 13.2. The lowest BCUT2D eigenvalue weighted by Crippen LogP contribution is -2.32. The fourth-order valence-corrected chi connectivity index (χ4v) is 3.79. The summed E-state index contributed by atoms with van der Waals surface area (Å²) < 4.78 is 32.7. The summed E-state index contributed by atoms with van der Waals surface area (Å²) in [5.74, 6) is 0.608. The predicted octanol–water partition coefficient (Wildman–Crippen LogP) is 2.45. The first kappa shape index (κ1) is 13.6. The lowest BCUT2D eigenvalue weighted by molar-refractivity contribution is 0.411. The van der Waals surface area contributed by atoms with E-state index in [-0.39, 0.29) is 10.9 Å². The number of benzene rings is 1. The molecule has 0 heterocycles. The van der Waals surface area contributed by atoms with Crippen molar-refractivity contribution in [2.45, 2.75) is 23.8 Å². The quantitative estimate of drug-likeness (QED) is 0.862. The third-order valence-electron chi connectivity index (χ3n) is 2.76. The van der Waals surface area contributed by atoms with Gasteiger partial charge < -0.3 is 4.74 Å². The van der Waals surface area contributed by atoms with E-state index < -0.39 is 10.0 Å². The number of nitrogens with one attached hydrogen (secondary N) is 1. The van der Waals surface area contributed by atoms with Crippen LogP contribution in [0.25, 0.3) is 0 Å². The SMILES string of the molecule is COc1ccc(S(=O)(=O)NC2CC=CC2)cc1Br. The van der Waals surface area contributed by atoms with E-state index in [4.69, 9.17) is 4.74 Å². The van der Waals surface area contributed by atoms with Crippen LogP contribution in [0.1, 0.15) is 12.8 Å². The molecule has 0 aliphatic heterocycles. The molecule has 0 unspecified atom stereocenters. The summed E-state index contributed by atoms with van der Waals surface area (Å²) in [7, 11) is -1.93. The molecule has 6 heteroatoms. The number of rotatable bonds is 4. The van der Waals surface area contributed by atoms with E-state index in [0.29, 0.717) is 10.2 Å². The molecule has 0 aromatic heterocycles. The summed E-state index contributed by atoms with van der Waals surface area (Å²) in [6.45, 7) is 0. The van der Waals surface area contributed by atoms with Crippen molar-refractivity contribution in [2.75, 3.05) is 7.11 Å². The van der Waals surface area contributed by atoms with Crippen LogP contribution in [-0.2, 0) is 10.0 Å². The highest BCUT2D eigenvalue weighted by molar-refractivity contribution is 9.10. The van der Waals surface area contributed by atoms with Gasteiger partial charge in [-0.2, -0.15) is 0 Å². The Morgan fingerprint density at radius 3 is 2.56 bits per heavy atom. The van der Waals surface area contributed by atoms with Gasteiger partial charge in [0.25, 0.3) is 0 Å². The lowest BCUT2D eigenvalue weighted by atomic mass is 10.3. The van der Waals surface area contributed by atoms with E-state index in [9.17, 15) is 8.42 Å². The second-order valence-corrected chi connectivity index (χ2v) is 6.63. The smallest absolute Gasteiger partial charge is 0.240 e. The fourth-order valence-electron chi connectivity index (χ4n) is 1.82. The van der Waals surface area contributed by atoms with Crippen LogP contribution in [0.2, 0.25) is 0 Å². The predicted molar refractivity (Wildman–Crippen MR) is 73.2 cm³/mol. The average Bonchev–Trinajstić information content (AvgIpc) is 2.81. The van der Waals surface area contributed by atoms with Crippen LogP contribution < -0.4 is 9.46 Å². The Morgan fingerprint density at radius 1 is 1.33 bits per heavy atom. The molecule has 0 saturated carbocycles. The van der Waals surface area contributed by atoms with Gasteiger partial charge in [-0.15, -0.1) is 0 Å². The van der Waals surface area contributed by atoms with E-state index in [1.165, 1.54) is 13.2 Å². The Bertz CT molecular complexity index is 561. The van der Waals surface area contributed by atoms with E-state index in [0.717, 1.165) is 12.8 Å². The number of hydrogen-bond donors (Lipinski definition) is 1. The molecule has 0 amide bonds. The molecule has 2 rings (SSSR count). The minimum atomic E-state index is -3.47. The Balaban J connectivity index is 2.21. The van der Waals surface area contributed by atoms with Crippen LogP contribution in [-0.4, -0.2) is 21.6 Å². The maximum Gasteiger partial charge on any atom is 0.240 e. The van der Waals surface area contributed by atoms with E-state index >= 15 is 0 Å². The Morgan fingerprint density at radius 2 is 2.00 bits per heavy atom. The number of hydrogen-bond acceptors (Lipinski definition) is 3. The highest BCUT2D eigenvalue weighted by atomic mass is 79.9. The second kappa shape index (κ2) is 5.42. The van der Waals surface area contributed by atoms with Crippen LogP contribution in [0.4, 0.5) is 0 Å². The summed E-state index contributed by atoms with van der Waals surface area (Å²) >= 11 is 3.28. The average molecular weight is 332 g/mol. The highest BCUT2D eigenvalue weighted by Crippen LogP contribution is 2.27.